The fourth-order valence-electron chi connectivity index (χ4n) is 2.21. The van der Waals surface area contributed by atoms with Crippen molar-refractivity contribution < 1.29 is 44.4 Å². The summed E-state index contributed by atoms with van der Waals surface area (Å²) in [5.74, 6) is -5.85. The summed E-state index contributed by atoms with van der Waals surface area (Å²) in [6, 6.07) is -5.64. The molecule has 0 aliphatic carbocycles. The number of carbonyl (C=O) groups is 5. The van der Waals surface area contributed by atoms with Gasteiger partial charge in [-0.1, -0.05) is 13.8 Å². The number of nitrogens with two attached hydrogens (primary N) is 1. The molecule has 172 valence electrons. The van der Waals surface area contributed by atoms with Crippen molar-refractivity contribution in [2.75, 3.05) is 6.61 Å². The van der Waals surface area contributed by atoms with Gasteiger partial charge in [-0.3, -0.25) is 19.2 Å². The first-order chi connectivity index (χ1) is 13.8. The van der Waals surface area contributed by atoms with Crippen LogP contribution in [-0.4, -0.2) is 87.0 Å². The predicted octanol–water partition coefficient (Wildman–Crippen LogP) is -3.25. The fourth-order valence-corrected chi connectivity index (χ4v) is 2.21. The molecule has 13 nitrogen and oxygen atoms in total. The minimum atomic E-state index is -1.67. The van der Waals surface area contributed by atoms with Crippen molar-refractivity contribution >= 4 is 29.7 Å². The molecule has 0 rings (SSSR count). The van der Waals surface area contributed by atoms with Crippen molar-refractivity contribution in [1.82, 2.24) is 16.0 Å². The Balaban J connectivity index is 5.42. The lowest BCUT2D eigenvalue weighted by Crippen LogP contribution is -2.60. The summed E-state index contributed by atoms with van der Waals surface area (Å²) in [4.78, 5) is 58.8. The summed E-state index contributed by atoms with van der Waals surface area (Å²) in [6.07, 6.45) is -2.34. The van der Waals surface area contributed by atoms with Gasteiger partial charge in [0, 0.05) is 6.42 Å². The zero-order valence-corrected chi connectivity index (χ0v) is 17.0. The maximum Gasteiger partial charge on any atom is 0.328 e. The Morgan fingerprint density at radius 1 is 0.867 bits per heavy atom. The van der Waals surface area contributed by atoms with Crippen LogP contribution in [0.15, 0.2) is 0 Å². The molecule has 0 bridgehead atoms. The molecule has 0 spiro atoms. The Labute approximate surface area is 173 Å². The minimum Gasteiger partial charge on any atom is -0.481 e. The van der Waals surface area contributed by atoms with Crippen LogP contribution in [0.25, 0.3) is 0 Å². The molecule has 5 unspecified atom stereocenters. The van der Waals surface area contributed by atoms with Crippen LogP contribution >= 0.6 is 0 Å². The summed E-state index contributed by atoms with van der Waals surface area (Å²) in [6.45, 7) is 3.63. The van der Waals surface area contributed by atoms with E-state index in [1.54, 1.807) is 13.8 Å². The van der Waals surface area contributed by atoms with Gasteiger partial charge in [0.25, 0.3) is 0 Å². The molecule has 0 saturated heterocycles. The van der Waals surface area contributed by atoms with Crippen molar-refractivity contribution in [3.05, 3.63) is 0 Å². The van der Waals surface area contributed by atoms with Gasteiger partial charge in [-0.15, -0.1) is 0 Å². The van der Waals surface area contributed by atoms with Crippen molar-refractivity contribution in [2.24, 2.45) is 11.7 Å². The lowest BCUT2D eigenvalue weighted by atomic mass is 10.0. The highest BCUT2D eigenvalue weighted by Crippen LogP contribution is 2.04. The van der Waals surface area contributed by atoms with E-state index in [4.69, 9.17) is 21.1 Å². The maximum atomic E-state index is 12.5. The van der Waals surface area contributed by atoms with Gasteiger partial charge in [0.05, 0.1) is 18.8 Å². The molecular weight excluding hydrogens is 404 g/mol. The number of aliphatic carboxylic acids is 2. The first-order valence-electron chi connectivity index (χ1n) is 9.22. The third-order valence-corrected chi connectivity index (χ3v) is 4.16. The van der Waals surface area contributed by atoms with Crippen molar-refractivity contribution in [1.29, 1.82) is 0 Å². The second-order valence-corrected chi connectivity index (χ2v) is 7.07. The van der Waals surface area contributed by atoms with E-state index in [1.165, 1.54) is 6.92 Å². The third-order valence-electron chi connectivity index (χ3n) is 4.16. The highest BCUT2D eigenvalue weighted by atomic mass is 16.4. The van der Waals surface area contributed by atoms with Gasteiger partial charge in [-0.05, 0) is 19.3 Å². The van der Waals surface area contributed by atoms with E-state index in [-0.39, 0.29) is 5.92 Å². The van der Waals surface area contributed by atoms with Crippen LogP contribution < -0.4 is 21.7 Å². The Morgan fingerprint density at radius 2 is 1.40 bits per heavy atom. The Hall–Kier alpha value is -2.77. The standard InChI is InChI=1S/C17H30N4O9/c1-7(2)12(18)15(27)21-13(8(3)23)16(28)19-9(4-5-11(24)25)14(26)20-10(6-22)17(29)30/h7-10,12-13,22-23H,4-6,18H2,1-3H3,(H,19,28)(H,20,26)(H,21,27)(H,24,25)(H,29,30). The van der Waals surface area contributed by atoms with E-state index in [0.29, 0.717) is 0 Å². The molecule has 0 aliphatic rings. The third kappa shape index (κ3) is 9.15. The molecule has 0 heterocycles. The fraction of sp³-hybridized carbons (Fsp3) is 0.706. The molecule has 0 saturated carbocycles. The lowest BCUT2D eigenvalue weighted by Gasteiger charge is -2.26. The number of carboxylic acids is 2. The molecule has 0 aromatic heterocycles. The summed E-state index contributed by atoms with van der Waals surface area (Å²) in [5, 5.41) is 43.0. The number of carbonyl (C=O) groups excluding carboxylic acids is 3. The first-order valence-corrected chi connectivity index (χ1v) is 9.22. The van der Waals surface area contributed by atoms with Crippen LogP contribution in [0, 0.1) is 5.92 Å². The molecule has 0 aromatic carbocycles. The molecule has 13 heteroatoms. The highest BCUT2D eigenvalue weighted by Gasteiger charge is 2.32. The molecule has 9 N–H and O–H groups in total. The quantitative estimate of drug-likeness (QED) is 0.144. The maximum absolute atomic E-state index is 12.5. The van der Waals surface area contributed by atoms with E-state index in [0.717, 1.165) is 0 Å². The van der Waals surface area contributed by atoms with Crippen LogP contribution in [0.3, 0.4) is 0 Å². The number of nitrogens with one attached hydrogen (secondary N) is 3. The van der Waals surface area contributed by atoms with Crippen molar-refractivity contribution in [2.45, 2.75) is 63.9 Å². The normalized spacial score (nSPS) is 16.0. The monoisotopic (exact) mass is 434 g/mol. The Morgan fingerprint density at radius 3 is 1.80 bits per heavy atom. The number of rotatable bonds is 13. The van der Waals surface area contributed by atoms with E-state index in [2.05, 4.69) is 10.6 Å². The summed E-state index contributed by atoms with van der Waals surface area (Å²) in [5.41, 5.74) is 5.70. The topological polar surface area (TPSA) is 228 Å². The van der Waals surface area contributed by atoms with Crippen LogP contribution in [0.2, 0.25) is 0 Å². The predicted molar refractivity (Wildman–Crippen MR) is 102 cm³/mol. The van der Waals surface area contributed by atoms with E-state index >= 15 is 0 Å². The molecule has 0 aromatic rings. The molecule has 0 fully saturated rings. The van der Waals surface area contributed by atoms with Crippen LogP contribution in [0.1, 0.15) is 33.6 Å². The highest BCUT2D eigenvalue weighted by molar-refractivity contribution is 5.94. The zero-order valence-electron chi connectivity index (χ0n) is 17.0. The van der Waals surface area contributed by atoms with Crippen LogP contribution in [0.5, 0.6) is 0 Å². The average Bonchev–Trinajstić information content (AvgIpc) is 2.65. The number of aliphatic hydroxyl groups is 2. The summed E-state index contributed by atoms with van der Waals surface area (Å²) in [7, 11) is 0. The number of hydrogen-bond acceptors (Lipinski definition) is 8. The van der Waals surface area contributed by atoms with Gasteiger partial charge in [0.15, 0.2) is 0 Å². The van der Waals surface area contributed by atoms with Crippen LogP contribution in [0.4, 0.5) is 0 Å². The summed E-state index contributed by atoms with van der Waals surface area (Å²) < 4.78 is 0. The summed E-state index contributed by atoms with van der Waals surface area (Å²) >= 11 is 0. The van der Waals surface area contributed by atoms with Gasteiger partial charge in [-0.2, -0.15) is 0 Å². The van der Waals surface area contributed by atoms with E-state index in [1.807, 2.05) is 5.32 Å². The Bertz CT molecular complexity index is 639. The van der Waals surface area contributed by atoms with Gasteiger partial charge >= 0.3 is 11.9 Å². The molecule has 30 heavy (non-hydrogen) atoms. The van der Waals surface area contributed by atoms with Crippen molar-refractivity contribution in [3.8, 4) is 0 Å². The van der Waals surface area contributed by atoms with Gasteiger partial charge in [0.2, 0.25) is 17.7 Å². The molecular formula is C17H30N4O9. The largest absolute Gasteiger partial charge is 0.481 e. The molecule has 0 radical (unpaired) electrons. The van der Waals surface area contributed by atoms with E-state index in [9.17, 15) is 29.1 Å². The SMILES string of the molecule is CC(C)C(N)C(=O)NC(C(=O)NC(CCC(=O)O)C(=O)NC(CO)C(=O)O)C(C)O. The lowest BCUT2D eigenvalue weighted by molar-refractivity contribution is -0.144. The molecule has 3 amide bonds. The molecule has 0 aliphatic heterocycles. The number of amides is 3. The first kappa shape index (κ1) is 27.2. The second kappa shape index (κ2) is 12.7. The minimum absolute atomic E-state index is 0.261. The van der Waals surface area contributed by atoms with E-state index < -0.39 is 79.4 Å². The van der Waals surface area contributed by atoms with Crippen molar-refractivity contribution in [3.63, 3.8) is 0 Å². The zero-order chi connectivity index (χ0) is 23.6. The number of hydrogen-bond donors (Lipinski definition) is 8. The molecule has 5 atom stereocenters. The second-order valence-electron chi connectivity index (χ2n) is 7.07. The number of carboxylic acid groups (broad SMARTS) is 2. The number of aliphatic hydroxyl groups excluding tert-OH is 2. The van der Waals surface area contributed by atoms with Gasteiger partial charge < -0.3 is 42.1 Å². The average molecular weight is 434 g/mol. The van der Waals surface area contributed by atoms with Gasteiger partial charge in [0.1, 0.15) is 18.1 Å². The Kier molecular flexibility index (Phi) is 11.5. The van der Waals surface area contributed by atoms with Gasteiger partial charge in [-0.25, -0.2) is 4.79 Å². The van der Waals surface area contributed by atoms with Crippen LogP contribution in [-0.2, 0) is 24.0 Å². The smallest absolute Gasteiger partial charge is 0.328 e.